The van der Waals surface area contributed by atoms with Gasteiger partial charge in [-0.25, -0.2) is 0 Å². The largest absolute Gasteiger partial charge is 0.380 e. The number of nitrogens with zero attached hydrogens (tertiary/aromatic N) is 2. The van der Waals surface area contributed by atoms with Crippen molar-refractivity contribution in [2.45, 2.75) is 19.6 Å². The van der Waals surface area contributed by atoms with E-state index < -0.39 is 0 Å². The van der Waals surface area contributed by atoms with Crippen molar-refractivity contribution >= 4 is 11.6 Å². The lowest BCUT2D eigenvalue weighted by Gasteiger charge is -2.34. The molecular formula is C22H30N4O2. The molecule has 0 spiro atoms. The first-order chi connectivity index (χ1) is 13.7. The summed E-state index contributed by atoms with van der Waals surface area (Å²) in [5, 5.41) is 3.22. The lowest BCUT2D eigenvalue weighted by atomic mass is 10.0. The van der Waals surface area contributed by atoms with Gasteiger partial charge in [-0.2, -0.15) is 0 Å². The van der Waals surface area contributed by atoms with Crippen LogP contribution in [0.15, 0.2) is 53.5 Å². The number of morpholine rings is 1. The highest BCUT2D eigenvalue weighted by Gasteiger charge is 2.22. The Morgan fingerprint density at radius 1 is 1.18 bits per heavy atom. The summed E-state index contributed by atoms with van der Waals surface area (Å²) >= 11 is 0. The van der Waals surface area contributed by atoms with Crippen LogP contribution in [0.5, 0.6) is 0 Å². The number of guanidine groups is 1. The van der Waals surface area contributed by atoms with E-state index in [-0.39, 0.29) is 6.04 Å². The summed E-state index contributed by atoms with van der Waals surface area (Å²) in [6.07, 6.45) is 0. The summed E-state index contributed by atoms with van der Waals surface area (Å²) < 4.78 is 10.8. The summed E-state index contributed by atoms with van der Waals surface area (Å²) in [6.45, 7) is 6.53. The normalized spacial score (nSPS) is 16.7. The number of aryl methyl sites for hydroxylation is 1. The van der Waals surface area contributed by atoms with E-state index in [0.29, 0.717) is 19.1 Å². The van der Waals surface area contributed by atoms with E-state index in [1.54, 1.807) is 7.11 Å². The van der Waals surface area contributed by atoms with E-state index in [4.69, 9.17) is 15.2 Å². The molecule has 6 heteroatoms. The van der Waals surface area contributed by atoms with Crippen molar-refractivity contribution in [2.75, 3.05) is 45.3 Å². The molecule has 0 aromatic heterocycles. The summed E-state index contributed by atoms with van der Waals surface area (Å²) in [6, 6.07) is 16.8. The lowest BCUT2D eigenvalue weighted by Crippen LogP contribution is -2.40. The third-order valence-corrected chi connectivity index (χ3v) is 4.96. The Morgan fingerprint density at radius 2 is 1.89 bits per heavy atom. The second kappa shape index (κ2) is 10.2. The maximum atomic E-state index is 6.21. The number of methoxy groups -OCH3 is 1. The van der Waals surface area contributed by atoms with Crippen molar-refractivity contribution in [3.05, 3.63) is 65.2 Å². The minimum Gasteiger partial charge on any atom is -0.380 e. The Labute approximate surface area is 167 Å². The molecule has 2 aromatic carbocycles. The Bertz CT molecular complexity index is 770. The third-order valence-electron chi connectivity index (χ3n) is 4.96. The molecule has 6 nitrogen and oxygen atoms in total. The molecule has 1 saturated heterocycles. The second-order valence-corrected chi connectivity index (χ2v) is 7.02. The second-order valence-electron chi connectivity index (χ2n) is 7.02. The summed E-state index contributed by atoms with van der Waals surface area (Å²) in [5.74, 6) is 0.411. The highest BCUT2D eigenvalue weighted by molar-refractivity contribution is 5.93. The SMILES string of the molecule is COCc1ccccc1NC(N)=NCC(c1ccc(C)cc1)N1CCOCC1. The zero-order chi connectivity index (χ0) is 19.8. The van der Waals surface area contributed by atoms with Crippen LogP contribution in [0.3, 0.4) is 0 Å². The first-order valence-corrected chi connectivity index (χ1v) is 9.69. The van der Waals surface area contributed by atoms with Gasteiger partial charge in [-0.05, 0) is 18.6 Å². The first kappa shape index (κ1) is 20.3. The van der Waals surface area contributed by atoms with Gasteiger partial charge in [-0.3, -0.25) is 9.89 Å². The fourth-order valence-electron chi connectivity index (χ4n) is 3.40. The molecule has 1 unspecified atom stereocenters. The number of hydrogen-bond acceptors (Lipinski definition) is 4. The predicted molar refractivity (Wildman–Crippen MR) is 114 cm³/mol. The van der Waals surface area contributed by atoms with Crippen LogP contribution in [0.1, 0.15) is 22.7 Å². The molecule has 1 aliphatic heterocycles. The molecule has 2 aromatic rings. The smallest absolute Gasteiger partial charge is 0.193 e. The Balaban J connectivity index is 1.73. The fourth-order valence-corrected chi connectivity index (χ4v) is 3.40. The average molecular weight is 383 g/mol. The molecular weight excluding hydrogens is 352 g/mol. The first-order valence-electron chi connectivity index (χ1n) is 9.69. The maximum Gasteiger partial charge on any atom is 0.193 e. The molecule has 1 aliphatic rings. The van der Waals surface area contributed by atoms with Gasteiger partial charge in [0.2, 0.25) is 0 Å². The molecule has 3 rings (SSSR count). The van der Waals surface area contributed by atoms with Crippen LogP contribution >= 0.6 is 0 Å². The van der Waals surface area contributed by atoms with Crippen LogP contribution in [0.2, 0.25) is 0 Å². The van der Waals surface area contributed by atoms with E-state index in [2.05, 4.69) is 46.4 Å². The molecule has 1 fully saturated rings. The molecule has 0 bridgehead atoms. The van der Waals surface area contributed by atoms with E-state index in [1.165, 1.54) is 11.1 Å². The van der Waals surface area contributed by atoms with E-state index >= 15 is 0 Å². The molecule has 1 atom stereocenters. The van der Waals surface area contributed by atoms with Crippen LogP contribution in [0.25, 0.3) is 0 Å². The van der Waals surface area contributed by atoms with Gasteiger partial charge in [-0.1, -0.05) is 48.0 Å². The van der Waals surface area contributed by atoms with Crippen molar-refractivity contribution in [1.82, 2.24) is 4.90 Å². The zero-order valence-corrected chi connectivity index (χ0v) is 16.7. The van der Waals surface area contributed by atoms with Gasteiger partial charge in [-0.15, -0.1) is 0 Å². The maximum absolute atomic E-state index is 6.21. The highest BCUT2D eigenvalue weighted by atomic mass is 16.5. The molecule has 0 aliphatic carbocycles. The number of benzene rings is 2. The molecule has 3 N–H and O–H groups in total. The van der Waals surface area contributed by atoms with Crippen molar-refractivity contribution in [2.24, 2.45) is 10.7 Å². The molecule has 150 valence electrons. The van der Waals surface area contributed by atoms with Gasteiger partial charge < -0.3 is 20.5 Å². The van der Waals surface area contributed by atoms with Gasteiger partial charge in [0.15, 0.2) is 5.96 Å². The van der Waals surface area contributed by atoms with E-state index in [1.807, 2.05) is 24.3 Å². The molecule has 0 radical (unpaired) electrons. The third kappa shape index (κ3) is 5.55. The quantitative estimate of drug-likeness (QED) is 0.569. The number of para-hydroxylation sites is 1. The lowest BCUT2D eigenvalue weighted by molar-refractivity contribution is 0.0180. The molecule has 0 saturated carbocycles. The molecule has 1 heterocycles. The van der Waals surface area contributed by atoms with Crippen LogP contribution in [0.4, 0.5) is 5.69 Å². The summed E-state index contributed by atoms with van der Waals surface area (Å²) in [7, 11) is 1.68. The zero-order valence-electron chi connectivity index (χ0n) is 16.7. The van der Waals surface area contributed by atoms with Crippen LogP contribution in [-0.2, 0) is 16.1 Å². The van der Waals surface area contributed by atoms with Gasteiger partial charge in [0.05, 0.1) is 32.4 Å². The van der Waals surface area contributed by atoms with Crippen molar-refractivity contribution in [3.8, 4) is 0 Å². The Kier molecular flexibility index (Phi) is 7.42. The molecule has 0 amide bonds. The Morgan fingerprint density at radius 3 is 2.61 bits per heavy atom. The van der Waals surface area contributed by atoms with E-state index in [9.17, 15) is 0 Å². The number of nitrogens with one attached hydrogen (secondary N) is 1. The molecule has 28 heavy (non-hydrogen) atoms. The number of ether oxygens (including phenoxy) is 2. The number of hydrogen-bond donors (Lipinski definition) is 2. The van der Waals surface area contributed by atoms with E-state index in [0.717, 1.165) is 37.6 Å². The van der Waals surface area contributed by atoms with Gasteiger partial charge >= 0.3 is 0 Å². The predicted octanol–water partition coefficient (Wildman–Crippen LogP) is 2.94. The topological polar surface area (TPSA) is 72.1 Å². The highest BCUT2D eigenvalue weighted by Crippen LogP contribution is 2.23. The minimum absolute atomic E-state index is 0.180. The fraction of sp³-hybridized carbons (Fsp3) is 0.409. The average Bonchev–Trinajstić information content (AvgIpc) is 2.72. The number of nitrogens with two attached hydrogens (primary N) is 1. The van der Waals surface area contributed by atoms with Crippen molar-refractivity contribution in [3.63, 3.8) is 0 Å². The van der Waals surface area contributed by atoms with Crippen LogP contribution in [0, 0.1) is 6.92 Å². The number of anilines is 1. The van der Waals surface area contributed by atoms with Crippen molar-refractivity contribution < 1.29 is 9.47 Å². The summed E-state index contributed by atoms with van der Waals surface area (Å²) in [4.78, 5) is 7.08. The monoisotopic (exact) mass is 382 g/mol. The van der Waals surface area contributed by atoms with Gasteiger partial charge in [0.25, 0.3) is 0 Å². The van der Waals surface area contributed by atoms with Crippen molar-refractivity contribution in [1.29, 1.82) is 0 Å². The van der Waals surface area contributed by atoms with Crippen LogP contribution in [-0.4, -0.2) is 50.8 Å². The number of rotatable bonds is 7. The standard InChI is InChI=1S/C22H30N4O2/c1-17-7-9-18(10-8-17)21(26-11-13-28-14-12-26)15-24-22(23)25-20-6-4-3-5-19(20)16-27-2/h3-10,21H,11-16H2,1-2H3,(H3,23,24,25). The van der Waals surface area contributed by atoms with Crippen LogP contribution < -0.4 is 11.1 Å². The Hall–Kier alpha value is -2.41. The summed E-state index contributed by atoms with van der Waals surface area (Å²) in [5.41, 5.74) is 10.7. The minimum atomic E-state index is 0.180. The number of aliphatic imine (C=N–C) groups is 1. The van der Waals surface area contributed by atoms with Gasteiger partial charge in [0, 0.05) is 31.5 Å². The van der Waals surface area contributed by atoms with Gasteiger partial charge in [0.1, 0.15) is 0 Å².